The van der Waals surface area contributed by atoms with Gasteiger partial charge in [-0.1, -0.05) is 0 Å². The Kier molecular flexibility index (Phi) is 6.75. The minimum Gasteiger partial charge on any atom is -0.492 e. The number of hydrogen-bond acceptors (Lipinski definition) is 8. The van der Waals surface area contributed by atoms with Crippen molar-refractivity contribution in [3.05, 3.63) is 22.3 Å². The predicted molar refractivity (Wildman–Crippen MR) is 117 cm³/mol. The van der Waals surface area contributed by atoms with E-state index in [0.29, 0.717) is 0 Å². The maximum atomic E-state index is 12.5. The minimum absolute atomic E-state index is 0.000793. The van der Waals surface area contributed by atoms with Gasteiger partial charge in [0.25, 0.3) is 0 Å². The van der Waals surface area contributed by atoms with Gasteiger partial charge in [-0.15, -0.1) is 0 Å². The molecular weight excluding hydrogens is 436 g/mol. The molecule has 1 aliphatic rings. The fourth-order valence-electron chi connectivity index (χ4n) is 4.08. The molecule has 3 rings (SSSR count). The summed E-state index contributed by atoms with van der Waals surface area (Å²) in [7, 11) is 2.77. The van der Waals surface area contributed by atoms with Crippen LogP contribution in [0.3, 0.4) is 0 Å². The number of methoxy groups -OCH3 is 2. The summed E-state index contributed by atoms with van der Waals surface area (Å²) in [5.74, 6) is -1.82. The number of carboxylic acids is 2. The minimum atomic E-state index is -1.30. The van der Waals surface area contributed by atoms with E-state index in [4.69, 9.17) is 28.4 Å². The lowest BCUT2D eigenvalue weighted by Gasteiger charge is -2.24. The van der Waals surface area contributed by atoms with Crippen molar-refractivity contribution in [2.24, 2.45) is 0 Å². The van der Waals surface area contributed by atoms with Crippen LogP contribution in [-0.4, -0.2) is 56.4 Å². The van der Waals surface area contributed by atoms with Crippen molar-refractivity contribution in [3.63, 3.8) is 0 Å². The highest BCUT2D eigenvalue weighted by molar-refractivity contribution is 6.09. The maximum absolute atomic E-state index is 12.5. The molecule has 0 radical (unpaired) electrons. The van der Waals surface area contributed by atoms with Gasteiger partial charge in [0.2, 0.25) is 18.3 Å². The van der Waals surface area contributed by atoms with Crippen molar-refractivity contribution in [1.29, 1.82) is 0 Å². The van der Waals surface area contributed by atoms with Gasteiger partial charge < -0.3 is 38.6 Å². The molecule has 33 heavy (non-hydrogen) atoms. The summed E-state index contributed by atoms with van der Waals surface area (Å²) in [6, 6.07) is 0. The molecule has 0 amide bonds. The molecule has 0 aliphatic carbocycles. The third kappa shape index (κ3) is 3.71. The average molecular weight is 462 g/mol. The van der Waals surface area contributed by atoms with E-state index >= 15 is 0 Å². The van der Waals surface area contributed by atoms with Crippen LogP contribution >= 0.6 is 0 Å². The van der Waals surface area contributed by atoms with Gasteiger partial charge in [0.1, 0.15) is 0 Å². The Balaban J connectivity index is 2.65. The molecule has 0 bridgehead atoms. The highest BCUT2D eigenvalue weighted by Crippen LogP contribution is 2.57. The maximum Gasteiger partial charge on any atom is 0.336 e. The Morgan fingerprint density at radius 1 is 0.758 bits per heavy atom. The van der Waals surface area contributed by atoms with Crippen LogP contribution in [-0.2, 0) is 0 Å². The molecule has 0 fully saturated rings. The number of aromatic carboxylic acids is 2. The molecule has 2 aromatic rings. The van der Waals surface area contributed by atoms with Crippen LogP contribution in [0, 0.1) is 13.8 Å². The molecule has 2 N–H and O–H groups in total. The van der Waals surface area contributed by atoms with Crippen molar-refractivity contribution in [1.82, 2.24) is 0 Å². The lowest BCUT2D eigenvalue weighted by Crippen LogP contribution is -2.13. The SMILES string of the molecule is CCOc1c(OC)c(C)c(C(=O)O)c(-c2c3c(c(OC)c(C)c2C(=O)O)OCO3)c1OCC. The van der Waals surface area contributed by atoms with E-state index in [2.05, 4.69) is 0 Å². The summed E-state index contributed by atoms with van der Waals surface area (Å²) < 4.78 is 33.7. The lowest BCUT2D eigenvalue weighted by molar-refractivity contribution is 0.0682. The van der Waals surface area contributed by atoms with Gasteiger partial charge in [0.05, 0.1) is 38.6 Å². The number of ether oxygens (including phenoxy) is 6. The van der Waals surface area contributed by atoms with Gasteiger partial charge in [-0.3, -0.25) is 0 Å². The van der Waals surface area contributed by atoms with E-state index in [1.807, 2.05) is 0 Å². The largest absolute Gasteiger partial charge is 0.492 e. The summed E-state index contributed by atoms with van der Waals surface area (Å²) in [5.41, 5.74) is 0.0748. The molecule has 0 spiro atoms. The van der Waals surface area contributed by atoms with Gasteiger partial charge in [-0.05, 0) is 27.7 Å². The topological polar surface area (TPSA) is 130 Å². The third-order valence-electron chi connectivity index (χ3n) is 5.28. The number of carboxylic acid groups (broad SMARTS) is 2. The van der Waals surface area contributed by atoms with Crippen molar-refractivity contribution >= 4 is 11.9 Å². The molecule has 0 saturated carbocycles. The van der Waals surface area contributed by atoms with Crippen LogP contribution in [0.25, 0.3) is 11.1 Å². The summed E-state index contributed by atoms with van der Waals surface area (Å²) >= 11 is 0. The van der Waals surface area contributed by atoms with Gasteiger partial charge in [-0.25, -0.2) is 9.59 Å². The molecule has 1 aliphatic heterocycles. The molecule has 10 nitrogen and oxygen atoms in total. The van der Waals surface area contributed by atoms with Crippen LogP contribution in [0.1, 0.15) is 45.7 Å². The Morgan fingerprint density at radius 3 is 1.76 bits per heavy atom. The van der Waals surface area contributed by atoms with Crippen molar-refractivity contribution < 1.29 is 48.2 Å². The molecule has 2 aromatic carbocycles. The fraction of sp³-hybridized carbons (Fsp3) is 0.391. The summed E-state index contributed by atoms with van der Waals surface area (Å²) in [6.07, 6.45) is 0. The second-order valence-electron chi connectivity index (χ2n) is 7.02. The predicted octanol–water partition coefficient (Wildman–Crippen LogP) is 3.91. The van der Waals surface area contributed by atoms with Crippen molar-refractivity contribution in [2.75, 3.05) is 34.2 Å². The second-order valence-corrected chi connectivity index (χ2v) is 7.02. The molecule has 0 saturated heterocycles. The molecule has 0 atom stereocenters. The summed E-state index contributed by atoms with van der Waals surface area (Å²) in [4.78, 5) is 25.0. The van der Waals surface area contributed by atoms with Crippen LogP contribution in [0.5, 0.6) is 34.5 Å². The van der Waals surface area contributed by atoms with Gasteiger partial charge in [0.15, 0.2) is 23.0 Å². The molecule has 0 aromatic heterocycles. The number of carbonyl (C=O) groups is 2. The van der Waals surface area contributed by atoms with E-state index in [0.717, 1.165) is 0 Å². The van der Waals surface area contributed by atoms with Gasteiger partial charge >= 0.3 is 11.9 Å². The molecular formula is C23H26O10. The normalized spacial score (nSPS) is 11.8. The number of fused-ring (bicyclic) bond motifs is 1. The Morgan fingerprint density at radius 2 is 1.24 bits per heavy atom. The quantitative estimate of drug-likeness (QED) is 0.565. The Bertz CT molecular complexity index is 1120. The van der Waals surface area contributed by atoms with E-state index < -0.39 is 11.9 Å². The van der Waals surface area contributed by atoms with Crippen LogP contribution in [0.4, 0.5) is 0 Å². The Hall–Kier alpha value is -3.82. The van der Waals surface area contributed by atoms with E-state index in [9.17, 15) is 19.8 Å². The van der Waals surface area contributed by atoms with Gasteiger partial charge in [0, 0.05) is 22.3 Å². The smallest absolute Gasteiger partial charge is 0.336 e. The summed E-state index contributed by atoms with van der Waals surface area (Å²) in [6.45, 7) is 6.76. The number of hydrogen-bond donors (Lipinski definition) is 2. The average Bonchev–Trinajstić information content (AvgIpc) is 3.23. The highest BCUT2D eigenvalue weighted by atomic mass is 16.7. The number of benzene rings is 2. The first kappa shape index (κ1) is 23.8. The first-order valence-corrected chi connectivity index (χ1v) is 10.2. The second kappa shape index (κ2) is 9.35. The lowest BCUT2D eigenvalue weighted by atomic mass is 9.87. The van der Waals surface area contributed by atoms with E-state index in [-0.39, 0.29) is 87.9 Å². The zero-order valence-electron chi connectivity index (χ0n) is 19.3. The van der Waals surface area contributed by atoms with Crippen LogP contribution in [0.2, 0.25) is 0 Å². The van der Waals surface area contributed by atoms with Crippen molar-refractivity contribution in [3.8, 4) is 45.6 Å². The van der Waals surface area contributed by atoms with Crippen molar-refractivity contribution in [2.45, 2.75) is 27.7 Å². The standard InChI is InChI=1S/C23H26O10/c1-7-30-18-14(12(22(24)25)10(3)16(28-5)20(18)31-8-2)15-13(23(26)27)11(4)17(29-6)21-19(15)32-9-33-21/h7-9H2,1-6H3,(H,24,25)(H,26,27). The fourth-order valence-corrected chi connectivity index (χ4v) is 4.08. The Labute approximate surface area is 190 Å². The molecule has 178 valence electrons. The van der Waals surface area contributed by atoms with E-state index in [1.54, 1.807) is 27.7 Å². The third-order valence-corrected chi connectivity index (χ3v) is 5.28. The number of rotatable bonds is 9. The molecule has 10 heteroatoms. The molecule has 1 heterocycles. The zero-order valence-corrected chi connectivity index (χ0v) is 19.3. The monoisotopic (exact) mass is 462 g/mol. The first-order chi connectivity index (χ1) is 15.7. The zero-order chi connectivity index (χ0) is 24.4. The van der Waals surface area contributed by atoms with Crippen LogP contribution in [0.15, 0.2) is 0 Å². The highest BCUT2D eigenvalue weighted by Gasteiger charge is 2.38. The van der Waals surface area contributed by atoms with E-state index in [1.165, 1.54) is 14.2 Å². The van der Waals surface area contributed by atoms with Crippen LogP contribution < -0.4 is 28.4 Å². The van der Waals surface area contributed by atoms with Gasteiger partial charge in [-0.2, -0.15) is 0 Å². The molecule has 0 unspecified atom stereocenters. The first-order valence-electron chi connectivity index (χ1n) is 10.2. The summed E-state index contributed by atoms with van der Waals surface area (Å²) in [5, 5.41) is 20.3.